The van der Waals surface area contributed by atoms with E-state index in [1.54, 1.807) is 50.2 Å². The predicted molar refractivity (Wildman–Crippen MR) is 115 cm³/mol. The summed E-state index contributed by atoms with van der Waals surface area (Å²) in [7, 11) is -3.37. The molecule has 7 nitrogen and oxygen atoms in total. The predicted octanol–water partition coefficient (Wildman–Crippen LogP) is 2.80. The number of benzene rings is 2. The van der Waals surface area contributed by atoms with Gasteiger partial charge in [0.1, 0.15) is 13.2 Å². The van der Waals surface area contributed by atoms with E-state index >= 15 is 0 Å². The lowest BCUT2D eigenvalue weighted by atomic mass is 10.1. The van der Waals surface area contributed by atoms with Crippen molar-refractivity contribution in [1.82, 2.24) is 10.0 Å². The van der Waals surface area contributed by atoms with E-state index < -0.39 is 10.0 Å². The maximum Gasteiger partial charge on any atom is 0.224 e. The number of nitrogens with one attached hydrogen (secondary N) is 2. The Morgan fingerprint density at radius 1 is 1.07 bits per heavy atom. The summed E-state index contributed by atoms with van der Waals surface area (Å²) < 4.78 is 37.6. The number of hydrogen-bond acceptors (Lipinski definition) is 5. The van der Waals surface area contributed by atoms with Crippen LogP contribution >= 0.6 is 11.6 Å². The molecule has 0 fully saturated rings. The third-order valence-electron chi connectivity index (χ3n) is 4.31. The van der Waals surface area contributed by atoms with Crippen LogP contribution in [-0.2, 0) is 33.5 Å². The minimum atomic E-state index is -3.37. The smallest absolute Gasteiger partial charge is 0.224 e. The van der Waals surface area contributed by atoms with Gasteiger partial charge in [0, 0.05) is 12.6 Å². The third-order valence-corrected chi connectivity index (χ3v) is 6.13. The number of amides is 1. The Hall–Kier alpha value is -2.29. The molecule has 1 heterocycles. The SMILES string of the molecule is CC(C)NS(=O)(=O)Cc1ccc(CNC(=O)Cc2cc(Cl)c3c(c2)OCCO3)cc1. The standard InChI is InChI=1S/C21H25ClN2O5S/c1-14(2)24-30(26,27)13-16-5-3-15(4-6-16)12-23-20(25)11-17-9-18(22)21-19(10-17)28-7-8-29-21/h3-6,9-10,14,24H,7-8,11-13H2,1-2H3,(H,23,25). The van der Waals surface area contributed by atoms with E-state index in [0.717, 1.165) is 11.1 Å². The van der Waals surface area contributed by atoms with Crippen LogP contribution in [0.4, 0.5) is 0 Å². The van der Waals surface area contributed by atoms with Crippen LogP contribution in [0.5, 0.6) is 11.5 Å². The van der Waals surface area contributed by atoms with Gasteiger partial charge in [-0.1, -0.05) is 35.9 Å². The molecular formula is C21H25ClN2O5S. The van der Waals surface area contributed by atoms with Gasteiger partial charge in [-0.05, 0) is 42.7 Å². The second-order valence-corrected chi connectivity index (χ2v) is 9.56. The first-order chi connectivity index (χ1) is 14.2. The van der Waals surface area contributed by atoms with Crippen molar-refractivity contribution in [3.63, 3.8) is 0 Å². The van der Waals surface area contributed by atoms with Gasteiger partial charge in [-0.15, -0.1) is 0 Å². The normalized spacial score (nSPS) is 13.3. The van der Waals surface area contributed by atoms with Crippen molar-refractivity contribution in [1.29, 1.82) is 0 Å². The van der Waals surface area contributed by atoms with Gasteiger partial charge in [0.05, 0.1) is 17.2 Å². The monoisotopic (exact) mass is 452 g/mol. The van der Waals surface area contributed by atoms with Crippen LogP contribution in [0, 0.1) is 0 Å². The van der Waals surface area contributed by atoms with Gasteiger partial charge < -0.3 is 14.8 Å². The molecule has 9 heteroatoms. The number of halogens is 1. The molecule has 0 spiro atoms. The maximum atomic E-state index is 12.3. The third kappa shape index (κ3) is 6.35. The Morgan fingerprint density at radius 2 is 1.73 bits per heavy atom. The molecule has 0 bridgehead atoms. The fourth-order valence-corrected chi connectivity index (χ4v) is 4.81. The van der Waals surface area contributed by atoms with Crippen molar-refractivity contribution in [2.45, 2.75) is 38.6 Å². The molecule has 1 aliphatic heterocycles. The first-order valence-corrected chi connectivity index (χ1v) is 11.7. The lowest BCUT2D eigenvalue weighted by molar-refractivity contribution is -0.120. The summed E-state index contributed by atoms with van der Waals surface area (Å²) in [4.78, 5) is 12.3. The molecule has 3 rings (SSSR count). The highest BCUT2D eigenvalue weighted by Crippen LogP contribution is 2.38. The van der Waals surface area contributed by atoms with Gasteiger partial charge in [-0.2, -0.15) is 0 Å². The zero-order valence-electron chi connectivity index (χ0n) is 16.9. The number of rotatable bonds is 8. The van der Waals surface area contributed by atoms with E-state index in [1.807, 2.05) is 0 Å². The quantitative estimate of drug-likeness (QED) is 0.642. The molecule has 0 radical (unpaired) electrons. The maximum absolute atomic E-state index is 12.3. The Balaban J connectivity index is 1.53. The summed E-state index contributed by atoms with van der Waals surface area (Å²) >= 11 is 6.21. The van der Waals surface area contributed by atoms with Crippen LogP contribution < -0.4 is 19.5 Å². The van der Waals surface area contributed by atoms with E-state index in [2.05, 4.69) is 10.0 Å². The second-order valence-electron chi connectivity index (χ2n) is 7.40. The number of carbonyl (C=O) groups excluding carboxylic acids is 1. The minimum Gasteiger partial charge on any atom is -0.486 e. The lowest BCUT2D eigenvalue weighted by Gasteiger charge is -2.20. The van der Waals surface area contributed by atoms with Crippen LogP contribution in [0.15, 0.2) is 36.4 Å². The highest BCUT2D eigenvalue weighted by Gasteiger charge is 2.18. The Bertz CT molecular complexity index is 1010. The molecular weight excluding hydrogens is 428 g/mol. The fourth-order valence-electron chi connectivity index (χ4n) is 3.09. The highest BCUT2D eigenvalue weighted by molar-refractivity contribution is 7.88. The summed E-state index contributed by atoms with van der Waals surface area (Å²) in [6.07, 6.45) is 0.160. The van der Waals surface area contributed by atoms with Crippen LogP contribution in [0.1, 0.15) is 30.5 Å². The van der Waals surface area contributed by atoms with E-state index in [9.17, 15) is 13.2 Å². The molecule has 0 unspecified atom stereocenters. The number of fused-ring (bicyclic) bond motifs is 1. The van der Waals surface area contributed by atoms with Gasteiger partial charge in [0.15, 0.2) is 11.5 Å². The Kier molecular flexibility index (Phi) is 7.23. The van der Waals surface area contributed by atoms with Crippen molar-refractivity contribution in [2.75, 3.05) is 13.2 Å². The van der Waals surface area contributed by atoms with E-state index in [1.165, 1.54) is 0 Å². The molecule has 0 saturated heterocycles. The number of carbonyl (C=O) groups is 1. The first-order valence-electron chi connectivity index (χ1n) is 9.64. The van der Waals surface area contributed by atoms with Crippen LogP contribution in [0.2, 0.25) is 5.02 Å². The average molecular weight is 453 g/mol. The molecule has 0 aliphatic carbocycles. The van der Waals surface area contributed by atoms with Gasteiger partial charge in [0.2, 0.25) is 15.9 Å². The van der Waals surface area contributed by atoms with Crippen molar-refractivity contribution in [2.24, 2.45) is 0 Å². The van der Waals surface area contributed by atoms with Crippen molar-refractivity contribution >= 4 is 27.5 Å². The highest BCUT2D eigenvalue weighted by atomic mass is 35.5. The molecule has 1 aliphatic rings. The van der Waals surface area contributed by atoms with Crippen LogP contribution in [0.3, 0.4) is 0 Å². The van der Waals surface area contributed by atoms with Crippen molar-refractivity contribution in [3.05, 3.63) is 58.1 Å². The molecule has 0 saturated carbocycles. The second kappa shape index (κ2) is 9.68. The van der Waals surface area contributed by atoms with Gasteiger partial charge in [0.25, 0.3) is 0 Å². The number of hydrogen-bond donors (Lipinski definition) is 2. The van der Waals surface area contributed by atoms with Crippen molar-refractivity contribution < 1.29 is 22.7 Å². The van der Waals surface area contributed by atoms with Crippen molar-refractivity contribution in [3.8, 4) is 11.5 Å². The zero-order valence-corrected chi connectivity index (χ0v) is 18.5. The van der Waals surface area contributed by atoms with E-state index in [-0.39, 0.29) is 24.1 Å². The number of sulfonamides is 1. The van der Waals surface area contributed by atoms with Gasteiger partial charge in [-0.3, -0.25) is 4.79 Å². The lowest BCUT2D eigenvalue weighted by Crippen LogP contribution is -2.31. The summed E-state index contributed by atoms with van der Waals surface area (Å²) in [6.45, 7) is 4.80. The van der Waals surface area contributed by atoms with E-state index in [4.69, 9.17) is 21.1 Å². The topological polar surface area (TPSA) is 93.7 Å². The molecule has 2 N–H and O–H groups in total. The summed E-state index contributed by atoms with van der Waals surface area (Å²) in [5.74, 6) is 0.824. The Morgan fingerprint density at radius 3 is 2.43 bits per heavy atom. The molecule has 0 atom stereocenters. The van der Waals surface area contributed by atoms with Gasteiger partial charge >= 0.3 is 0 Å². The molecule has 30 heavy (non-hydrogen) atoms. The fraction of sp³-hybridized carbons (Fsp3) is 0.381. The molecule has 1 amide bonds. The summed E-state index contributed by atoms with van der Waals surface area (Å²) in [5, 5.41) is 3.28. The molecule has 2 aromatic rings. The summed E-state index contributed by atoms with van der Waals surface area (Å²) in [5.41, 5.74) is 2.30. The zero-order chi connectivity index (χ0) is 21.7. The molecule has 162 valence electrons. The first kappa shape index (κ1) is 22.4. The van der Waals surface area contributed by atoms with Crippen LogP contribution in [0.25, 0.3) is 0 Å². The number of ether oxygens (including phenoxy) is 2. The Labute approximate surface area is 181 Å². The largest absolute Gasteiger partial charge is 0.486 e. The molecule has 0 aromatic heterocycles. The molecule has 2 aromatic carbocycles. The average Bonchev–Trinajstić information content (AvgIpc) is 2.66. The van der Waals surface area contributed by atoms with Gasteiger partial charge in [-0.25, -0.2) is 13.1 Å². The van der Waals surface area contributed by atoms with Crippen LogP contribution in [-0.4, -0.2) is 33.6 Å². The summed E-state index contributed by atoms with van der Waals surface area (Å²) in [6, 6.07) is 10.4. The van der Waals surface area contributed by atoms with E-state index in [0.29, 0.717) is 41.8 Å². The minimum absolute atomic E-state index is 0.0807.